The summed E-state index contributed by atoms with van der Waals surface area (Å²) in [6, 6.07) is 1.57. The van der Waals surface area contributed by atoms with Gasteiger partial charge in [-0.25, -0.2) is 13.1 Å². The third-order valence-electron chi connectivity index (χ3n) is 7.73. The summed E-state index contributed by atoms with van der Waals surface area (Å²) >= 11 is 0. The van der Waals surface area contributed by atoms with Crippen LogP contribution in [0.4, 0.5) is 5.69 Å². The second kappa shape index (κ2) is 9.96. The maximum absolute atomic E-state index is 13.8. The molecule has 0 saturated heterocycles. The average molecular weight is 574 g/mol. The molecule has 0 aromatic heterocycles. The predicted octanol–water partition coefficient (Wildman–Crippen LogP) is 0.326. The van der Waals surface area contributed by atoms with Crippen molar-refractivity contribution in [3.63, 3.8) is 0 Å². The SMILES string of the molecule is CC(C)S(=O)(=O)NCC#Cc1cc(N(C)C)c2c(c1O)C(=O)C1=C(O)[C@]3(O)C(=O)C(C(N)=O)=C(O)C[C@@H]3C[C@@H]1C2. The summed E-state index contributed by atoms with van der Waals surface area (Å²) in [5, 5.41) is 43.3. The standard InChI is InChI=1S/C27H31N3O9S/c1-12(2)40(38,39)29-7-5-6-13-10-17(30(3)4)16-9-14-8-15-11-18(31)21(26(28)36)25(35)27(15,37)24(34)19(14)23(33)20(16)22(13)32/h10,12,14-15,29,31-32,34,37H,7-9,11H2,1-4H3,(H2,28,36)/t14-,15+,27+/m1/s1. The number of ketones is 2. The highest BCUT2D eigenvalue weighted by Gasteiger charge is 2.59. The number of phenolic OH excluding ortho intramolecular Hbond substituents is 1. The summed E-state index contributed by atoms with van der Waals surface area (Å²) in [7, 11) is -0.123. The van der Waals surface area contributed by atoms with Gasteiger partial charge in [0.05, 0.1) is 22.9 Å². The number of primary amides is 1. The number of aliphatic hydroxyl groups excluding tert-OH is 2. The highest BCUT2D eigenvalue weighted by Crippen LogP contribution is 2.52. The van der Waals surface area contributed by atoms with Crippen LogP contribution in [-0.2, 0) is 26.0 Å². The quantitative estimate of drug-likeness (QED) is 0.210. The van der Waals surface area contributed by atoms with E-state index < -0.39 is 73.0 Å². The highest BCUT2D eigenvalue weighted by atomic mass is 32.2. The number of fused-ring (bicyclic) bond motifs is 3. The number of carbonyl (C=O) groups excluding carboxylic acids is 3. The van der Waals surface area contributed by atoms with E-state index in [1.54, 1.807) is 25.1 Å². The largest absolute Gasteiger partial charge is 0.511 e. The Bertz CT molecular complexity index is 1580. The molecule has 0 spiro atoms. The number of anilines is 1. The number of sulfonamides is 1. The molecular weight excluding hydrogens is 542 g/mol. The first-order chi connectivity index (χ1) is 18.5. The number of aromatic hydroxyl groups is 1. The van der Waals surface area contributed by atoms with E-state index in [9.17, 15) is 43.2 Å². The van der Waals surface area contributed by atoms with Gasteiger partial charge in [0.15, 0.2) is 11.4 Å². The molecule has 1 amide bonds. The van der Waals surface area contributed by atoms with Crippen molar-refractivity contribution in [3.8, 4) is 17.6 Å². The molecule has 40 heavy (non-hydrogen) atoms. The third-order valence-corrected chi connectivity index (χ3v) is 9.51. The van der Waals surface area contributed by atoms with Crippen molar-refractivity contribution >= 4 is 33.2 Å². The lowest BCUT2D eigenvalue weighted by Crippen LogP contribution is -2.57. The minimum atomic E-state index is -3.57. The molecule has 3 aliphatic rings. The van der Waals surface area contributed by atoms with Crippen molar-refractivity contribution < 1.29 is 43.2 Å². The molecule has 7 N–H and O–H groups in total. The van der Waals surface area contributed by atoms with Gasteiger partial charge in [0.2, 0.25) is 15.8 Å². The summed E-state index contributed by atoms with van der Waals surface area (Å²) in [6.45, 7) is 2.78. The van der Waals surface area contributed by atoms with Crippen molar-refractivity contribution in [1.82, 2.24) is 4.72 Å². The number of phenols is 1. The predicted molar refractivity (Wildman–Crippen MR) is 144 cm³/mol. The van der Waals surface area contributed by atoms with Crippen LogP contribution in [-0.4, -0.2) is 77.8 Å². The molecular formula is C27H31N3O9S. The first kappa shape index (κ1) is 29.1. The van der Waals surface area contributed by atoms with Gasteiger partial charge in [-0.05, 0) is 44.2 Å². The zero-order valence-corrected chi connectivity index (χ0v) is 23.2. The van der Waals surface area contributed by atoms with Crippen LogP contribution in [0.25, 0.3) is 0 Å². The van der Waals surface area contributed by atoms with Crippen LogP contribution < -0.4 is 15.4 Å². The van der Waals surface area contributed by atoms with E-state index in [1.165, 1.54) is 13.8 Å². The zero-order chi connectivity index (χ0) is 29.9. The Morgan fingerprint density at radius 3 is 2.45 bits per heavy atom. The van der Waals surface area contributed by atoms with Gasteiger partial charge in [0.25, 0.3) is 5.91 Å². The lowest BCUT2D eigenvalue weighted by Gasteiger charge is -2.45. The van der Waals surface area contributed by atoms with Crippen LogP contribution in [0, 0.1) is 23.7 Å². The monoisotopic (exact) mass is 573 g/mol. The van der Waals surface area contributed by atoms with Crippen LogP contribution in [0.2, 0.25) is 0 Å². The van der Waals surface area contributed by atoms with E-state index in [1.807, 2.05) is 0 Å². The molecule has 12 nitrogen and oxygen atoms in total. The zero-order valence-electron chi connectivity index (χ0n) is 22.4. The van der Waals surface area contributed by atoms with Gasteiger partial charge in [-0.1, -0.05) is 11.8 Å². The number of benzene rings is 1. The summed E-state index contributed by atoms with van der Waals surface area (Å²) in [5.74, 6) is -1.80. The second-order valence-corrected chi connectivity index (χ2v) is 13.0. The molecule has 0 fully saturated rings. The maximum atomic E-state index is 13.8. The van der Waals surface area contributed by atoms with Gasteiger partial charge in [0, 0.05) is 37.7 Å². The van der Waals surface area contributed by atoms with Crippen molar-refractivity contribution in [2.45, 2.75) is 44.0 Å². The Morgan fingerprint density at radius 2 is 1.88 bits per heavy atom. The van der Waals surface area contributed by atoms with Crippen LogP contribution in [0.5, 0.6) is 5.75 Å². The molecule has 0 unspecified atom stereocenters. The number of nitrogens with one attached hydrogen (secondary N) is 1. The third kappa shape index (κ3) is 4.42. The molecule has 13 heteroatoms. The lowest BCUT2D eigenvalue weighted by molar-refractivity contribution is -0.144. The Morgan fingerprint density at radius 1 is 1.23 bits per heavy atom. The number of carbonyl (C=O) groups is 3. The number of hydrogen-bond donors (Lipinski definition) is 6. The second-order valence-electron chi connectivity index (χ2n) is 10.7. The van der Waals surface area contributed by atoms with E-state index in [0.717, 1.165) is 0 Å². The fourth-order valence-electron chi connectivity index (χ4n) is 5.60. The maximum Gasteiger partial charge on any atom is 0.255 e. The summed E-state index contributed by atoms with van der Waals surface area (Å²) in [5.41, 5.74) is 2.33. The number of nitrogens with zero attached hydrogens (tertiary/aromatic N) is 1. The molecule has 1 aromatic carbocycles. The minimum absolute atomic E-state index is 0.0219. The lowest BCUT2D eigenvalue weighted by atomic mass is 9.60. The van der Waals surface area contributed by atoms with Crippen LogP contribution in [0.15, 0.2) is 28.7 Å². The van der Waals surface area contributed by atoms with E-state index in [4.69, 9.17) is 5.73 Å². The molecule has 0 aliphatic heterocycles. The van der Waals surface area contributed by atoms with E-state index in [2.05, 4.69) is 16.6 Å². The van der Waals surface area contributed by atoms with E-state index >= 15 is 0 Å². The molecule has 3 atom stereocenters. The van der Waals surface area contributed by atoms with Gasteiger partial charge < -0.3 is 31.1 Å². The number of hydrogen-bond acceptors (Lipinski definition) is 10. The van der Waals surface area contributed by atoms with Crippen molar-refractivity contribution in [2.75, 3.05) is 25.5 Å². The highest BCUT2D eigenvalue weighted by molar-refractivity contribution is 7.90. The van der Waals surface area contributed by atoms with Crippen molar-refractivity contribution in [1.29, 1.82) is 0 Å². The van der Waals surface area contributed by atoms with Gasteiger partial charge in [0.1, 0.15) is 22.8 Å². The Balaban J connectivity index is 1.83. The molecule has 1 aromatic rings. The molecule has 0 heterocycles. The number of allylic oxidation sites excluding steroid dienone is 2. The van der Waals surface area contributed by atoms with Crippen LogP contribution >= 0.6 is 0 Å². The minimum Gasteiger partial charge on any atom is -0.511 e. The van der Waals surface area contributed by atoms with E-state index in [-0.39, 0.29) is 42.5 Å². The van der Waals surface area contributed by atoms with Gasteiger partial charge in [-0.2, -0.15) is 0 Å². The first-order valence-electron chi connectivity index (χ1n) is 12.5. The normalized spacial score (nSPS) is 24.2. The number of nitrogens with two attached hydrogens (primary N) is 1. The van der Waals surface area contributed by atoms with E-state index in [0.29, 0.717) is 11.3 Å². The Kier molecular flexibility index (Phi) is 7.25. The topological polar surface area (TPSA) is 208 Å². The molecule has 4 rings (SSSR count). The number of Topliss-reactive ketones (excluding diaryl/α,β-unsaturated/α-hetero) is 2. The van der Waals surface area contributed by atoms with Crippen molar-refractivity contribution in [3.05, 3.63) is 45.4 Å². The fraction of sp³-hybridized carbons (Fsp3) is 0.444. The Hall–Kier alpha value is -3.86. The van der Waals surface area contributed by atoms with Crippen LogP contribution in [0.1, 0.15) is 48.2 Å². The molecule has 3 aliphatic carbocycles. The molecule has 0 radical (unpaired) electrons. The number of amides is 1. The molecule has 0 bridgehead atoms. The van der Waals surface area contributed by atoms with Gasteiger partial charge in [-0.3, -0.25) is 14.4 Å². The fourth-order valence-corrected chi connectivity index (χ4v) is 6.21. The van der Waals surface area contributed by atoms with Gasteiger partial charge in [-0.15, -0.1) is 0 Å². The number of aliphatic hydroxyl groups is 3. The summed E-state index contributed by atoms with van der Waals surface area (Å²) in [6.07, 6.45) is -0.137. The first-order valence-corrected chi connectivity index (χ1v) is 14.1. The van der Waals surface area contributed by atoms with Crippen LogP contribution in [0.3, 0.4) is 0 Å². The number of rotatable bonds is 5. The average Bonchev–Trinajstić information content (AvgIpc) is 2.84. The molecule has 214 valence electrons. The summed E-state index contributed by atoms with van der Waals surface area (Å²) < 4.78 is 26.3. The summed E-state index contributed by atoms with van der Waals surface area (Å²) in [4.78, 5) is 40.5. The Labute approximate surface area is 231 Å². The smallest absolute Gasteiger partial charge is 0.255 e. The molecule has 0 saturated carbocycles. The van der Waals surface area contributed by atoms with Crippen molar-refractivity contribution in [2.24, 2.45) is 17.6 Å². The van der Waals surface area contributed by atoms with Gasteiger partial charge >= 0.3 is 0 Å².